The van der Waals surface area contributed by atoms with E-state index in [2.05, 4.69) is 104 Å². The van der Waals surface area contributed by atoms with E-state index >= 15 is 0 Å². The smallest absolute Gasteiger partial charge is 0.210 e. The minimum atomic E-state index is -1.99. The van der Waals surface area contributed by atoms with Gasteiger partial charge in [0.2, 0.25) is 16.9 Å². The van der Waals surface area contributed by atoms with Gasteiger partial charge in [-0.05, 0) is 35.1 Å². The van der Waals surface area contributed by atoms with Gasteiger partial charge in [-0.3, -0.25) is 0 Å². The monoisotopic (exact) mass is 424 g/mol. The molecule has 3 aromatic carbocycles. The van der Waals surface area contributed by atoms with Crippen LogP contribution in [0.4, 0.5) is 0 Å². The molecular formula is C21H28O2Si4. The van der Waals surface area contributed by atoms with Gasteiger partial charge in [0.05, 0.1) is 0 Å². The van der Waals surface area contributed by atoms with E-state index in [1.807, 2.05) is 0 Å². The highest BCUT2D eigenvalue weighted by Gasteiger charge is 2.36. The minimum Gasteiger partial charge on any atom is -0.465 e. The van der Waals surface area contributed by atoms with Gasteiger partial charge in [-0.15, -0.1) is 0 Å². The van der Waals surface area contributed by atoms with Crippen LogP contribution in [0.15, 0.2) is 91.0 Å². The topological polar surface area (TPSA) is 18.5 Å². The van der Waals surface area contributed by atoms with E-state index in [0.29, 0.717) is 0 Å². The molecule has 0 aromatic heterocycles. The fraction of sp³-hybridized carbons (Fsp3) is 0.143. The average Bonchev–Trinajstić information content (AvgIpc) is 2.72. The summed E-state index contributed by atoms with van der Waals surface area (Å²) in [5.41, 5.74) is 1.38. The Bertz CT molecular complexity index is 813. The normalized spacial score (nSPS) is 14.0. The van der Waals surface area contributed by atoms with E-state index in [-0.39, 0.29) is 0 Å². The van der Waals surface area contributed by atoms with Crippen LogP contribution in [0.2, 0.25) is 13.1 Å². The van der Waals surface area contributed by atoms with Crippen LogP contribution in [0.1, 0.15) is 5.56 Å². The van der Waals surface area contributed by atoms with E-state index in [1.54, 1.807) is 0 Å². The van der Waals surface area contributed by atoms with Crippen molar-refractivity contribution in [1.82, 2.24) is 0 Å². The zero-order chi connectivity index (χ0) is 19.1. The van der Waals surface area contributed by atoms with Gasteiger partial charge in [0.15, 0.2) is 8.56 Å². The molecule has 0 fully saturated rings. The molecule has 0 heterocycles. The van der Waals surface area contributed by atoms with Crippen LogP contribution in [0.5, 0.6) is 0 Å². The lowest BCUT2D eigenvalue weighted by molar-refractivity contribution is 0.581. The fourth-order valence-electron chi connectivity index (χ4n) is 3.39. The van der Waals surface area contributed by atoms with Crippen molar-refractivity contribution in [2.45, 2.75) is 19.1 Å². The summed E-state index contributed by atoms with van der Waals surface area (Å²) < 4.78 is 13.4. The zero-order valence-corrected chi connectivity index (χ0v) is 21.6. The summed E-state index contributed by atoms with van der Waals surface area (Å²) in [5, 5.41) is 2.75. The van der Waals surface area contributed by atoms with Crippen LogP contribution >= 0.6 is 0 Å². The van der Waals surface area contributed by atoms with E-state index < -0.39 is 25.4 Å². The molecular weight excluding hydrogens is 397 g/mol. The Morgan fingerprint density at radius 3 is 1.85 bits per heavy atom. The number of benzene rings is 3. The molecule has 0 saturated carbocycles. The van der Waals surface area contributed by atoms with Crippen LogP contribution < -0.4 is 10.4 Å². The van der Waals surface area contributed by atoms with Crippen LogP contribution in [0.25, 0.3) is 0 Å². The van der Waals surface area contributed by atoms with Crippen molar-refractivity contribution in [3.05, 3.63) is 96.6 Å². The molecule has 0 radical (unpaired) electrons. The van der Waals surface area contributed by atoms with Gasteiger partial charge in [-0.1, -0.05) is 91.0 Å². The van der Waals surface area contributed by atoms with Crippen LogP contribution in [0.3, 0.4) is 0 Å². The highest BCUT2D eigenvalue weighted by Crippen LogP contribution is 2.13. The molecule has 2 atom stereocenters. The highest BCUT2D eigenvalue weighted by atomic mass is 29.2. The van der Waals surface area contributed by atoms with Crippen LogP contribution in [-0.2, 0) is 14.3 Å². The quantitative estimate of drug-likeness (QED) is 0.512. The summed E-state index contributed by atoms with van der Waals surface area (Å²) in [6.45, 7) is 4.65. The summed E-state index contributed by atoms with van der Waals surface area (Å²) >= 11 is 0. The second kappa shape index (κ2) is 9.58. The lowest BCUT2D eigenvalue weighted by Gasteiger charge is -2.33. The first-order valence-corrected chi connectivity index (χ1v) is 18.2. The molecule has 0 bridgehead atoms. The van der Waals surface area contributed by atoms with Crippen molar-refractivity contribution < 1.29 is 8.23 Å². The Kier molecular flexibility index (Phi) is 7.17. The van der Waals surface area contributed by atoms with Gasteiger partial charge in [-0.2, -0.15) is 0 Å². The average molecular weight is 425 g/mol. The third-order valence-corrected chi connectivity index (χ3v) is 22.6. The molecule has 0 aliphatic carbocycles. The fourth-order valence-corrected chi connectivity index (χ4v) is 22.3. The van der Waals surface area contributed by atoms with E-state index in [1.165, 1.54) is 15.9 Å². The Morgan fingerprint density at radius 1 is 0.778 bits per heavy atom. The number of hydrogen-bond acceptors (Lipinski definition) is 2. The summed E-state index contributed by atoms with van der Waals surface area (Å²) in [7, 11) is -4.36. The summed E-state index contributed by atoms with van der Waals surface area (Å²) in [6, 6.07) is 33.4. The van der Waals surface area contributed by atoms with Gasteiger partial charge < -0.3 is 8.23 Å². The second-order valence-corrected chi connectivity index (χ2v) is 20.8. The molecule has 0 aliphatic heterocycles. The molecule has 3 aromatic rings. The third-order valence-electron chi connectivity index (χ3n) is 4.94. The Labute approximate surface area is 170 Å². The van der Waals surface area contributed by atoms with Crippen molar-refractivity contribution >= 4 is 46.3 Å². The van der Waals surface area contributed by atoms with Crippen molar-refractivity contribution in [3.8, 4) is 0 Å². The van der Waals surface area contributed by atoms with Gasteiger partial charge >= 0.3 is 0 Å². The molecule has 27 heavy (non-hydrogen) atoms. The molecule has 0 spiro atoms. The van der Waals surface area contributed by atoms with Crippen molar-refractivity contribution in [2.24, 2.45) is 0 Å². The number of hydrogen-bond donors (Lipinski definition) is 0. The number of rotatable bonds is 8. The predicted octanol–water partition coefficient (Wildman–Crippen LogP) is 1.63. The van der Waals surface area contributed by atoms with Crippen LogP contribution in [-0.4, -0.2) is 35.9 Å². The molecule has 0 amide bonds. The van der Waals surface area contributed by atoms with Gasteiger partial charge in [0, 0.05) is 0 Å². The van der Waals surface area contributed by atoms with Crippen molar-refractivity contribution in [2.75, 3.05) is 0 Å². The third kappa shape index (κ3) is 5.47. The second-order valence-electron chi connectivity index (χ2n) is 7.29. The van der Waals surface area contributed by atoms with E-state index in [9.17, 15) is 0 Å². The molecule has 0 aliphatic rings. The van der Waals surface area contributed by atoms with Crippen molar-refractivity contribution in [3.63, 3.8) is 0 Å². The first-order valence-electron chi connectivity index (χ1n) is 9.45. The molecule has 2 unspecified atom stereocenters. The van der Waals surface area contributed by atoms with Crippen LogP contribution in [0, 0.1) is 0 Å². The van der Waals surface area contributed by atoms with Gasteiger partial charge in [0.25, 0.3) is 0 Å². The molecule has 140 valence electrons. The summed E-state index contributed by atoms with van der Waals surface area (Å²) in [4.78, 5) is 0. The standard InChI is InChI=1S/C21H28O2Si4/c1-27(2,21-16-10-5-11-17-21)23-26(20-14-8-4-9-15-20)25(22-24)18-19-12-6-3-7-13-19/h3-17,25-26H,18H2,1-2,24H3. The van der Waals surface area contributed by atoms with Gasteiger partial charge in [-0.25, -0.2) is 0 Å². The predicted molar refractivity (Wildman–Crippen MR) is 126 cm³/mol. The first kappa shape index (κ1) is 20.2. The highest BCUT2D eigenvalue weighted by molar-refractivity contribution is 7.25. The van der Waals surface area contributed by atoms with E-state index in [4.69, 9.17) is 8.23 Å². The lowest BCUT2D eigenvalue weighted by Crippen LogP contribution is -2.59. The summed E-state index contributed by atoms with van der Waals surface area (Å²) in [6.07, 6.45) is 0. The maximum absolute atomic E-state index is 7.07. The van der Waals surface area contributed by atoms with Gasteiger partial charge in [0.1, 0.15) is 10.5 Å². The maximum atomic E-state index is 7.07. The SMILES string of the molecule is C[Si](C)(O[SiH](c1ccccc1)[SiH](Cc1ccccc1)O[SiH3])c1ccccc1. The van der Waals surface area contributed by atoms with E-state index in [0.717, 1.165) is 16.5 Å². The molecule has 2 nitrogen and oxygen atoms in total. The summed E-state index contributed by atoms with van der Waals surface area (Å²) in [5.74, 6) is 0. The molecule has 3 rings (SSSR count). The lowest BCUT2D eigenvalue weighted by atomic mass is 10.2. The largest absolute Gasteiger partial charge is 0.465 e. The van der Waals surface area contributed by atoms with Crippen molar-refractivity contribution in [1.29, 1.82) is 0 Å². The molecule has 6 heteroatoms. The Morgan fingerprint density at radius 2 is 1.30 bits per heavy atom. The minimum absolute atomic E-state index is 0.775. The maximum Gasteiger partial charge on any atom is 0.210 e. The molecule has 0 N–H and O–H groups in total. The zero-order valence-electron chi connectivity index (χ0n) is 16.3. The Balaban J connectivity index is 1.91. The molecule has 0 saturated heterocycles. The Hall–Kier alpha value is -1.55. The first-order chi connectivity index (χ1) is 13.1.